The van der Waals surface area contributed by atoms with Crippen LogP contribution < -0.4 is 5.32 Å². The van der Waals surface area contributed by atoms with Gasteiger partial charge in [0.25, 0.3) is 0 Å². The molecule has 1 aliphatic heterocycles. The van der Waals surface area contributed by atoms with Gasteiger partial charge in [-0.3, -0.25) is 9.88 Å². The fraction of sp³-hybridized carbons (Fsp3) is 0.643. The van der Waals surface area contributed by atoms with Crippen LogP contribution in [0.1, 0.15) is 31.0 Å². The molecule has 94 valence electrons. The minimum Gasteiger partial charge on any atom is -0.310 e. The van der Waals surface area contributed by atoms with Crippen LogP contribution in [0.4, 0.5) is 0 Å². The van der Waals surface area contributed by atoms with E-state index >= 15 is 0 Å². The number of rotatable bonds is 5. The Hall–Kier alpha value is -0.930. The van der Waals surface area contributed by atoms with E-state index in [0.29, 0.717) is 0 Å². The Morgan fingerprint density at radius 1 is 1.47 bits per heavy atom. The van der Waals surface area contributed by atoms with Gasteiger partial charge in [-0.25, -0.2) is 0 Å². The van der Waals surface area contributed by atoms with Crippen LogP contribution in [0.3, 0.4) is 0 Å². The molecular formula is C14H23N3. The zero-order chi connectivity index (χ0) is 12.1. The maximum Gasteiger partial charge on any atom is 0.0541 e. The summed E-state index contributed by atoms with van der Waals surface area (Å²) in [6.45, 7) is 8.74. The molecule has 0 aromatic carbocycles. The maximum atomic E-state index is 4.41. The van der Waals surface area contributed by atoms with Gasteiger partial charge in [0.15, 0.2) is 0 Å². The first-order valence-corrected chi connectivity index (χ1v) is 6.66. The highest BCUT2D eigenvalue weighted by molar-refractivity contribution is 5.11. The molecular weight excluding hydrogens is 210 g/mol. The summed E-state index contributed by atoms with van der Waals surface area (Å²) in [4.78, 5) is 6.97. The Morgan fingerprint density at radius 2 is 2.35 bits per heavy atom. The average Bonchev–Trinajstić information content (AvgIpc) is 2.79. The van der Waals surface area contributed by atoms with Gasteiger partial charge in [0, 0.05) is 25.3 Å². The summed E-state index contributed by atoms with van der Waals surface area (Å²) in [6, 6.07) is 4.96. The lowest BCUT2D eigenvalue weighted by Crippen LogP contribution is -2.37. The van der Waals surface area contributed by atoms with Crippen LogP contribution in [0.5, 0.6) is 0 Å². The second-order valence-corrected chi connectivity index (χ2v) is 4.88. The quantitative estimate of drug-likeness (QED) is 0.842. The van der Waals surface area contributed by atoms with Gasteiger partial charge in [-0.15, -0.1) is 0 Å². The number of aryl methyl sites for hydroxylation is 1. The van der Waals surface area contributed by atoms with Crippen LogP contribution in [0.2, 0.25) is 0 Å². The number of aromatic nitrogens is 1. The van der Waals surface area contributed by atoms with E-state index in [4.69, 9.17) is 0 Å². The monoisotopic (exact) mass is 233 g/mol. The second kappa shape index (κ2) is 6.12. The summed E-state index contributed by atoms with van der Waals surface area (Å²) >= 11 is 0. The molecule has 1 fully saturated rings. The molecule has 1 aliphatic rings. The molecule has 3 nitrogen and oxygen atoms in total. The number of likely N-dealkylation sites (N-methyl/N-ethyl adjacent to an activating group) is 1. The summed E-state index contributed by atoms with van der Waals surface area (Å²) in [5, 5.41) is 3.52. The van der Waals surface area contributed by atoms with Crippen LogP contribution in [0, 0.1) is 6.92 Å². The summed E-state index contributed by atoms with van der Waals surface area (Å²) in [6.07, 6.45) is 4.62. The Bertz CT molecular complexity index is 334. The molecule has 2 heterocycles. The molecule has 3 heteroatoms. The molecule has 1 unspecified atom stereocenters. The predicted octanol–water partition coefficient (Wildman–Crippen LogP) is 1.96. The zero-order valence-electron chi connectivity index (χ0n) is 10.9. The van der Waals surface area contributed by atoms with E-state index in [1.54, 1.807) is 0 Å². The zero-order valence-corrected chi connectivity index (χ0v) is 10.9. The van der Waals surface area contributed by atoms with Crippen LogP contribution in [0.15, 0.2) is 18.3 Å². The van der Waals surface area contributed by atoms with Gasteiger partial charge in [0.05, 0.1) is 5.69 Å². The fourth-order valence-electron chi connectivity index (χ4n) is 2.51. The lowest BCUT2D eigenvalue weighted by Gasteiger charge is -2.22. The van der Waals surface area contributed by atoms with Crippen molar-refractivity contribution >= 4 is 0 Å². The first-order chi connectivity index (χ1) is 8.29. The summed E-state index contributed by atoms with van der Waals surface area (Å²) < 4.78 is 0. The third kappa shape index (κ3) is 3.51. The Balaban J connectivity index is 1.74. The first kappa shape index (κ1) is 12.5. The minimum atomic E-state index is 0.727. The molecule has 0 spiro atoms. The van der Waals surface area contributed by atoms with Crippen molar-refractivity contribution < 1.29 is 0 Å². The van der Waals surface area contributed by atoms with Gasteiger partial charge >= 0.3 is 0 Å². The molecule has 0 bridgehead atoms. The minimum absolute atomic E-state index is 0.727. The van der Waals surface area contributed by atoms with Crippen molar-refractivity contribution in [1.29, 1.82) is 0 Å². The molecule has 2 rings (SSSR count). The Kier molecular flexibility index (Phi) is 4.51. The van der Waals surface area contributed by atoms with E-state index in [2.05, 4.69) is 41.2 Å². The molecule has 0 saturated carbocycles. The van der Waals surface area contributed by atoms with Gasteiger partial charge < -0.3 is 5.32 Å². The van der Waals surface area contributed by atoms with Crippen LogP contribution in [-0.2, 0) is 6.54 Å². The molecule has 17 heavy (non-hydrogen) atoms. The number of pyridine rings is 1. The third-order valence-corrected chi connectivity index (χ3v) is 3.56. The smallest absolute Gasteiger partial charge is 0.0541 e. The van der Waals surface area contributed by atoms with Crippen molar-refractivity contribution in [3.05, 3.63) is 29.6 Å². The number of nitrogens with one attached hydrogen (secondary N) is 1. The van der Waals surface area contributed by atoms with Gasteiger partial charge in [0.1, 0.15) is 0 Å². The van der Waals surface area contributed by atoms with E-state index in [9.17, 15) is 0 Å². The van der Waals surface area contributed by atoms with Crippen LogP contribution in [-0.4, -0.2) is 35.6 Å². The summed E-state index contributed by atoms with van der Waals surface area (Å²) in [7, 11) is 0. The molecule has 1 atom stereocenters. The fourth-order valence-corrected chi connectivity index (χ4v) is 2.51. The second-order valence-electron chi connectivity index (χ2n) is 4.88. The first-order valence-electron chi connectivity index (χ1n) is 6.66. The lowest BCUT2D eigenvalue weighted by atomic mass is 10.2. The molecule has 1 aromatic rings. The van der Waals surface area contributed by atoms with Crippen LogP contribution in [0.25, 0.3) is 0 Å². The number of hydrogen-bond donors (Lipinski definition) is 1. The Labute approximate surface area is 104 Å². The maximum absolute atomic E-state index is 4.41. The van der Waals surface area contributed by atoms with Gasteiger partial charge in [-0.1, -0.05) is 13.0 Å². The van der Waals surface area contributed by atoms with E-state index < -0.39 is 0 Å². The van der Waals surface area contributed by atoms with Crippen molar-refractivity contribution in [3.8, 4) is 0 Å². The van der Waals surface area contributed by atoms with Crippen molar-refractivity contribution in [2.75, 3.05) is 19.6 Å². The number of likely N-dealkylation sites (tertiary alicyclic amines) is 1. The molecule has 1 saturated heterocycles. The highest BCUT2D eigenvalue weighted by Crippen LogP contribution is 2.15. The average molecular weight is 233 g/mol. The number of nitrogens with zero attached hydrogens (tertiary/aromatic N) is 2. The lowest BCUT2D eigenvalue weighted by molar-refractivity contribution is 0.259. The predicted molar refractivity (Wildman–Crippen MR) is 70.9 cm³/mol. The normalized spacial score (nSPS) is 20.9. The third-order valence-electron chi connectivity index (χ3n) is 3.56. The van der Waals surface area contributed by atoms with Crippen molar-refractivity contribution in [1.82, 2.24) is 15.2 Å². The molecule has 0 radical (unpaired) electrons. The molecule has 1 N–H and O–H groups in total. The molecule has 1 aromatic heterocycles. The largest absolute Gasteiger partial charge is 0.310 e. The van der Waals surface area contributed by atoms with Gasteiger partial charge in [-0.05, 0) is 44.5 Å². The van der Waals surface area contributed by atoms with E-state index in [1.807, 2.05) is 6.20 Å². The van der Waals surface area contributed by atoms with Crippen LogP contribution >= 0.6 is 0 Å². The van der Waals surface area contributed by atoms with Crippen molar-refractivity contribution in [2.45, 2.75) is 39.3 Å². The molecule has 0 amide bonds. The van der Waals surface area contributed by atoms with E-state index in [-0.39, 0.29) is 0 Å². The highest BCUT2D eigenvalue weighted by Gasteiger charge is 2.21. The SMILES string of the molecule is CCN1CCCC1CNCc1ccc(C)cn1. The summed E-state index contributed by atoms with van der Waals surface area (Å²) in [5.41, 5.74) is 2.36. The number of hydrogen-bond acceptors (Lipinski definition) is 3. The van der Waals surface area contributed by atoms with E-state index in [1.165, 1.54) is 31.5 Å². The standard InChI is InChI=1S/C14H23N3/c1-3-17-8-4-5-14(17)11-15-10-13-7-6-12(2)9-16-13/h6-7,9,14-15H,3-5,8,10-11H2,1-2H3. The summed E-state index contributed by atoms with van der Waals surface area (Å²) in [5.74, 6) is 0. The molecule has 0 aliphatic carbocycles. The van der Waals surface area contributed by atoms with Gasteiger partial charge in [-0.2, -0.15) is 0 Å². The van der Waals surface area contributed by atoms with Crippen molar-refractivity contribution in [2.24, 2.45) is 0 Å². The highest BCUT2D eigenvalue weighted by atomic mass is 15.2. The topological polar surface area (TPSA) is 28.2 Å². The van der Waals surface area contributed by atoms with E-state index in [0.717, 1.165) is 24.8 Å². The van der Waals surface area contributed by atoms with Gasteiger partial charge in [0.2, 0.25) is 0 Å². The van der Waals surface area contributed by atoms with Crippen molar-refractivity contribution in [3.63, 3.8) is 0 Å². The Morgan fingerprint density at radius 3 is 3.06 bits per heavy atom.